The SMILES string of the molecule is Cl.FC(F)(F)CNCCC12CC3CC(CC(C3)C1)C2. The van der Waals surface area contributed by atoms with Crippen LogP contribution in [0.3, 0.4) is 0 Å². The topological polar surface area (TPSA) is 12.0 Å². The Labute approximate surface area is 119 Å². The highest BCUT2D eigenvalue weighted by Gasteiger charge is 2.50. The van der Waals surface area contributed by atoms with Gasteiger partial charge in [0.05, 0.1) is 6.54 Å². The van der Waals surface area contributed by atoms with E-state index >= 15 is 0 Å². The minimum atomic E-state index is -4.07. The number of nitrogens with one attached hydrogen (secondary N) is 1. The predicted molar refractivity (Wildman–Crippen MR) is 71.4 cm³/mol. The van der Waals surface area contributed by atoms with E-state index in [4.69, 9.17) is 0 Å². The number of halogens is 4. The number of hydrogen-bond donors (Lipinski definition) is 1. The molecule has 0 atom stereocenters. The minimum Gasteiger partial charge on any atom is -0.309 e. The molecule has 0 unspecified atom stereocenters. The van der Waals surface area contributed by atoms with E-state index in [2.05, 4.69) is 5.32 Å². The summed E-state index contributed by atoms with van der Waals surface area (Å²) < 4.78 is 36.2. The first-order valence-electron chi connectivity index (χ1n) is 7.22. The third kappa shape index (κ3) is 3.57. The molecule has 0 heterocycles. The maximum Gasteiger partial charge on any atom is 0.401 e. The van der Waals surface area contributed by atoms with Crippen LogP contribution in [0.15, 0.2) is 0 Å². The van der Waals surface area contributed by atoms with Gasteiger partial charge in [0.2, 0.25) is 0 Å². The van der Waals surface area contributed by atoms with E-state index in [-0.39, 0.29) is 12.4 Å². The first-order valence-corrected chi connectivity index (χ1v) is 7.22. The van der Waals surface area contributed by atoms with Crippen LogP contribution < -0.4 is 5.32 Å². The fraction of sp³-hybridized carbons (Fsp3) is 1.00. The Morgan fingerprint density at radius 1 is 0.947 bits per heavy atom. The van der Waals surface area contributed by atoms with Gasteiger partial charge < -0.3 is 5.32 Å². The molecule has 0 spiro atoms. The van der Waals surface area contributed by atoms with Crippen molar-refractivity contribution in [1.29, 1.82) is 0 Å². The van der Waals surface area contributed by atoms with Gasteiger partial charge in [0, 0.05) is 0 Å². The van der Waals surface area contributed by atoms with Crippen LogP contribution in [0.2, 0.25) is 0 Å². The molecule has 19 heavy (non-hydrogen) atoms. The molecule has 0 radical (unpaired) electrons. The zero-order chi connectivity index (χ0) is 12.8. The first-order chi connectivity index (χ1) is 8.44. The van der Waals surface area contributed by atoms with Gasteiger partial charge in [-0.05, 0) is 74.7 Å². The maximum atomic E-state index is 12.1. The Morgan fingerprint density at radius 3 is 1.84 bits per heavy atom. The minimum absolute atomic E-state index is 0. The molecule has 0 aromatic carbocycles. The lowest BCUT2D eigenvalue weighted by atomic mass is 9.49. The van der Waals surface area contributed by atoms with Gasteiger partial charge in [-0.15, -0.1) is 12.4 Å². The van der Waals surface area contributed by atoms with Crippen LogP contribution in [0.5, 0.6) is 0 Å². The van der Waals surface area contributed by atoms with Gasteiger partial charge in [0.1, 0.15) is 0 Å². The fourth-order valence-corrected chi connectivity index (χ4v) is 5.18. The van der Waals surface area contributed by atoms with Gasteiger partial charge in [0.15, 0.2) is 0 Å². The molecule has 0 aromatic heterocycles. The monoisotopic (exact) mass is 297 g/mol. The van der Waals surface area contributed by atoms with E-state index in [0.717, 1.165) is 24.2 Å². The number of hydrogen-bond acceptors (Lipinski definition) is 1. The smallest absolute Gasteiger partial charge is 0.309 e. The third-order valence-corrected chi connectivity index (χ3v) is 5.32. The second kappa shape index (κ2) is 5.44. The van der Waals surface area contributed by atoms with Gasteiger partial charge in [0.25, 0.3) is 0 Å². The molecule has 4 aliphatic rings. The van der Waals surface area contributed by atoms with E-state index < -0.39 is 12.7 Å². The van der Waals surface area contributed by atoms with Gasteiger partial charge in [-0.2, -0.15) is 13.2 Å². The highest BCUT2D eigenvalue weighted by atomic mass is 35.5. The summed E-state index contributed by atoms with van der Waals surface area (Å²) in [5.41, 5.74) is 0.396. The molecule has 4 aliphatic carbocycles. The molecule has 4 rings (SSSR count). The zero-order valence-electron chi connectivity index (χ0n) is 11.1. The van der Waals surface area contributed by atoms with Crippen LogP contribution in [0.4, 0.5) is 13.2 Å². The molecule has 0 aliphatic heterocycles. The molecular formula is C14H23ClF3N. The standard InChI is InChI=1S/C14H22F3N.ClH/c15-14(16,17)9-18-2-1-13-6-10-3-11(7-13)5-12(4-10)8-13;/h10-12,18H,1-9H2;1H. The summed E-state index contributed by atoms with van der Waals surface area (Å²) in [4.78, 5) is 0. The average Bonchev–Trinajstić information content (AvgIpc) is 2.21. The van der Waals surface area contributed by atoms with E-state index in [1.807, 2.05) is 0 Å². The van der Waals surface area contributed by atoms with E-state index in [9.17, 15) is 13.2 Å². The Kier molecular flexibility index (Phi) is 4.41. The summed E-state index contributed by atoms with van der Waals surface area (Å²) in [6.45, 7) is -0.301. The lowest BCUT2D eigenvalue weighted by molar-refractivity contribution is -0.125. The Balaban J connectivity index is 0.00000133. The van der Waals surface area contributed by atoms with E-state index in [1.54, 1.807) is 0 Å². The molecule has 5 heteroatoms. The van der Waals surface area contributed by atoms with Crippen molar-refractivity contribution in [2.24, 2.45) is 23.2 Å². The largest absolute Gasteiger partial charge is 0.401 e. The Morgan fingerprint density at radius 2 is 1.42 bits per heavy atom. The molecule has 4 fully saturated rings. The van der Waals surface area contributed by atoms with Gasteiger partial charge >= 0.3 is 6.18 Å². The van der Waals surface area contributed by atoms with E-state index in [0.29, 0.717) is 12.0 Å². The van der Waals surface area contributed by atoms with Crippen molar-refractivity contribution in [2.75, 3.05) is 13.1 Å². The van der Waals surface area contributed by atoms with Gasteiger partial charge in [-0.1, -0.05) is 0 Å². The molecule has 0 saturated heterocycles. The van der Waals surface area contributed by atoms with E-state index in [1.165, 1.54) is 38.5 Å². The van der Waals surface area contributed by atoms with Crippen molar-refractivity contribution in [3.63, 3.8) is 0 Å². The molecule has 0 aromatic rings. The van der Waals surface area contributed by atoms with Crippen molar-refractivity contribution >= 4 is 12.4 Å². The molecule has 1 nitrogen and oxygen atoms in total. The third-order valence-electron chi connectivity index (χ3n) is 5.32. The summed E-state index contributed by atoms with van der Waals surface area (Å²) in [7, 11) is 0. The van der Waals surface area contributed by atoms with Gasteiger partial charge in [-0.3, -0.25) is 0 Å². The zero-order valence-corrected chi connectivity index (χ0v) is 12.0. The second-order valence-electron chi connectivity index (χ2n) is 6.96. The highest BCUT2D eigenvalue weighted by molar-refractivity contribution is 5.85. The van der Waals surface area contributed by atoms with Crippen molar-refractivity contribution in [2.45, 2.75) is 51.1 Å². The molecular weight excluding hydrogens is 275 g/mol. The molecule has 0 amide bonds. The van der Waals surface area contributed by atoms with Crippen LogP contribution >= 0.6 is 12.4 Å². The van der Waals surface area contributed by atoms with Crippen molar-refractivity contribution < 1.29 is 13.2 Å². The van der Waals surface area contributed by atoms with Crippen LogP contribution in [0.1, 0.15) is 44.9 Å². The first kappa shape index (κ1) is 15.4. The number of alkyl halides is 3. The predicted octanol–water partition coefficient (Wildman–Crippen LogP) is 4.17. The van der Waals surface area contributed by atoms with Crippen molar-refractivity contribution in [1.82, 2.24) is 5.32 Å². The van der Waals surface area contributed by atoms with Crippen LogP contribution in [0.25, 0.3) is 0 Å². The normalized spacial score (nSPS) is 40.3. The summed E-state index contributed by atoms with van der Waals surface area (Å²) in [5, 5.41) is 2.58. The summed E-state index contributed by atoms with van der Waals surface area (Å²) in [5.74, 6) is 2.66. The van der Waals surface area contributed by atoms with Gasteiger partial charge in [-0.25, -0.2) is 0 Å². The Hall–Kier alpha value is 0.0400. The van der Waals surface area contributed by atoms with Crippen molar-refractivity contribution in [3.8, 4) is 0 Å². The van der Waals surface area contributed by atoms with Crippen molar-refractivity contribution in [3.05, 3.63) is 0 Å². The number of rotatable bonds is 4. The molecule has 4 bridgehead atoms. The summed E-state index contributed by atoms with van der Waals surface area (Å²) >= 11 is 0. The molecule has 112 valence electrons. The summed E-state index contributed by atoms with van der Waals surface area (Å²) in [6, 6.07) is 0. The molecule has 1 N–H and O–H groups in total. The molecule has 4 saturated carbocycles. The Bertz CT molecular complexity index is 281. The lowest BCUT2D eigenvalue weighted by Gasteiger charge is -2.57. The van der Waals surface area contributed by atoms with Crippen LogP contribution in [-0.4, -0.2) is 19.3 Å². The lowest BCUT2D eigenvalue weighted by Crippen LogP contribution is -2.47. The van der Waals surface area contributed by atoms with Crippen LogP contribution in [-0.2, 0) is 0 Å². The quantitative estimate of drug-likeness (QED) is 0.768. The fourth-order valence-electron chi connectivity index (χ4n) is 5.18. The maximum absolute atomic E-state index is 12.1. The highest BCUT2D eigenvalue weighted by Crippen LogP contribution is 2.61. The van der Waals surface area contributed by atoms with Crippen LogP contribution in [0, 0.1) is 23.2 Å². The average molecular weight is 298 g/mol. The second-order valence-corrected chi connectivity index (χ2v) is 6.96. The summed E-state index contributed by atoms with van der Waals surface area (Å²) in [6.07, 6.45) is 4.93.